The molecule has 1 atom stereocenters. The lowest BCUT2D eigenvalue weighted by molar-refractivity contribution is -0.139. The molecule has 0 spiro atoms. The van der Waals surface area contributed by atoms with Crippen molar-refractivity contribution in [3.05, 3.63) is 95.1 Å². The SMILES string of the molecule is CCOC(=O)C1=C(C)N=c2s/c(=C/c3ccccc3Br)c(=O)n2[C@H]1c1ccccc1OC(C)C. The predicted octanol–water partition coefficient (Wildman–Crippen LogP) is 4.35. The number of benzene rings is 2. The fourth-order valence-corrected chi connectivity index (χ4v) is 5.32. The zero-order chi connectivity index (χ0) is 24.4. The van der Waals surface area contributed by atoms with E-state index in [0.29, 0.717) is 31.9 Å². The van der Waals surface area contributed by atoms with Crippen molar-refractivity contribution in [1.29, 1.82) is 0 Å². The molecular formula is C26H25BrN2O4S. The lowest BCUT2D eigenvalue weighted by atomic mass is 9.95. The molecule has 2 heterocycles. The average molecular weight is 541 g/mol. The Morgan fingerprint density at radius 1 is 1.21 bits per heavy atom. The van der Waals surface area contributed by atoms with E-state index in [2.05, 4.69) is 20.9 Å². The van der Waals surface area contributed by atoms with Gasteiger partial charge in [0.25, 0.3) is 5.56 Å². The van der Waals surface area contributed by atoms with Gasteiger partial charge in [-0.05, 0) is 51.5 Å². The van der Waals surface area contributed by atoms with Crippen LogP contribution in [0.2, 0.25) is 0 Å². The van der Waals surface area contributed by atoms with Gasteiger partial charge in [0.1, 0.15) is 11.8 Å². The summed E-state index contributed by atoms with van der Waals surface area (Å²) in [4.78, 5) is 32.0. The number of carbonyl (C=O) groups is 1. The lowest BCUT2D eigenvalue weighted by Crippen LogP contribution is -2.40. The Labute approximate surface area is 210 Å². The second-order valence-electron chi connectivity index (χ2n) is 8.03. The van der Waals surface area contributed by atoms with Gasteiger partial charge in [-0.25, -0.2) is 9.79 Å². The smallest absolute Gasteiger partial charge is 0.338 e. The molecule has 1 aliphatic heterocycles. The first kappa shape index (κ1) is 24.2. The maximum Gasteiger partial charge on any atom is 0.338 e. The van der Waals surface area contributed by atoms with Crippen molar-refractivity contribution < 1.29 is 14.3 Å². The number of hydrogen-bond acceptors (Lipinski definition) is 6. The van der Waals surface area contributed by atoms with Crippen molar-refractivity contribution in [3.63, 3.8) is 0 Å². The van der Waals surface area contributed by atoms with Gasteiger partial charge < -0.3 is 9.47 Å². The third-order valence-corrected chi connectivity index (χ3v) is 6.99. The molecule has 0 saturated carbocycles. The zero-order valence-corrected chi connectivity index (χ0v) is 21.8. The maximum atomic E-state index is 13.7. The summed E-state index contributed by atoms with van der Waals surface area (Å²) in [5, 5.41) is 0. The highest BCUT2D eigenvalue weighted by Gasteiger charge is 2.35. The molecule has 0 bridgehead atoms. The minimum atomic E-state index is -0.716. The number of halogens is 1. The van der Waals surface area contributed by atoms with Gasteiger partial charge in [0.15, 0.2) is 4.80 Å². The van der Waals surface area contributed by atoms with Gasteiger partial charge in [0.05, 0.1) is 28.5 Å². The second kappa shape index (κ2) is 10.1. The van der Waals surface area contributed by atoms with Crippen molar-refractivity contribution in [3.8, 4) is 5.75 Å². The molecule has 34 heavy (non-hydrogen) atoms. The number of rotatable bonds is 6. The minimum Gasteiger partial charge on any atom is -0.491 e. The highest BCUT2D eigenvalue weighted by atomic mass is 79.9. The van der Waals surface area contributed by atoms with Crippen LogP contribution in [0.5, 0.6) is 5.75 Å². The number of esters is 1. The Bertz CT molecular complexity index is 1450. The number of hydrogen-bond donors (Lipinski definition) is 0. The quantitative estimate of drug-likeness (QED) is 0.436. The molecule has 2 aromatic carbocycles. The van der Waals surface area contributed by atoms with Crippen LogP contribution in [0.15, 0.2) is 74.1 Å². The first-order valence-corrected chi connectivity index (χ1v) is 12.6. The van der Waals surface area contributed by atoms with Crippen molar-refractivity contribution in [1.82, 2.24) is 4.57 Å². The lowest BCUT2D eigenvalue weighted by Gasteiger charge is -2.26. The number of thiazole rings is 1. The summed E-state index contributed by atoms with van der Waals surface area (Å²) in [6.45, 7) is 7.63. The van der Waals surface area contributed by atoms with Gasteiger partial charge >= 0.3 is 5.97 Å². The molecule has 8 heteroatoms. The van der Waals surface area contributed by atoms with Crippen molar-refractivity contribution in [2.75, 3.05) is 6.61 Å². The highest BCUT2D eigenvalue weighted by molar-refractivity contribution is 9.10. The normalized spacial score (nSPS) is 15.8. The minimum absolute atomic E-state index is 0.0801. The molecule has 1 aromatic heterocycles. The second-order valence-corrected chi connectivity index (χ2v) is 9.89. The fraction of sp³-hybridized carbons (Fsp3) is 0.269. The number of para-hydroxylation sites is 1. The van der Waals surface area contributed by atoms with E-state index in [4.69, 9.17) is 9.47 Å². The van der Waals surface area contributed by atoms with Crippen LogP contribution in [-0.2, 0) is 9.53 Å². The summed E-state index contributed by atoms with van der Waals surface area (Å²) in [6.07, 6.45) is 1.76. The van der Waals surface area contributed by atoms with Crippen LogP contribution in [0.3, 0.4) is 0 Å². The van der Waals surface area contributed by atoms with Gasteiger partial charge in [-0.1, -0.05) is 63.7 Å². The van der Waals surface area contributed by atoms with Crippen LogP contribution in [-0.4, -0.2) is 23.2 Å². The van der Waals surface area contributed by atoms with Gasteiger partial charge in [-0.15, -0.1) is 0 Å². The third-order valence-electron chi connectivity index (χ3n) is 5.29. The standard InChI is InChI=1S/C26H25BrN2O4S/c1-5-32-25(31)22-16(4)28-26-29(23(22)18-11-7-9-13-20(18)33-15(2)3)24(30)21(34-26)14-17-10-6-8-12-19(17)27/h6-15,23H,5H2,1-4H3/b21-14+/t23-/m0/s1. The van der Waals surface area contributed by atoms with Crippen LogP contribution in [0.1, 0.15) is 44.9 Å². The molecule has 0 fully saturated rings. The fourth-order valence-electron chi connectivity index (χ4n) is 3.89. The van der Waals surface area contributed by atoms with Crippen molar-refractivity contribution in [2.24, 2.45) is 4.99 Å². The van der Waals surface area contributed by atoms with E-state index in [1.165, 1.54) is 11.3 Å². The summed E-state index contributed by atoms with van der Waals surface area (Å²) in [5.74, 6) is 0.118. The van der Waals surface area contributed by atoms with E-state index < -0.39 is 12.0 Å². The molecule has 0 N–H and O–H groups in total. The van der Waals surface area contributed by atoms with Crippen LogP contribution in [0.25, 0.3) is 6.08 Å². The highest BCUT2D eigenvalue weighted by Crippen LogP contribution is 2.36. The number of ether oxygens (including phenoxy) is 2. The van der Waals surface area contributed by atoms with E-state index in [1.807, 2.05) is 68.5 Å². The molecule has 0 saturated heterocycles. The molecular weight excluding hydrogens is 516 g/mol. The van der Waals surface area contributed by atoms with E-state index >= 15 is 0 Å². The summed E-state index contributed by atoms with van der Waals surface area (Å²) >= 11 is 4.84. The van der Waals surface area contributed by atoms with Crippen LogP contribution >= 0.6 is 27.3 Å². The molecule has 0 radical (unpaired) electrons. The molecule has 6 nitrogen and oxygen atoms in total. The Hall–Kier alpha value is -2.97. The monoisotopic (exact) mass is 540 g/mol. The van der Waals surface area contributed by atoms with E-state index in [-0.39, 0.29) is 18.3 Å². The average Bonchev–Trinajstić information content (AvgIpc) is 3.09. The summed E-state index contributed by atoms with van der Waals surface area (Å²) < 4.78 is 14.4. The largest absolute Gasteiger partial charge is 0.491 e. The predicted molar refractivity (Wildman–Crippen MR) is 137 cm³/mol. The number of nitrogens with zero attached hydrogens (tertiary/aromatic N) is 2. The Kier molecular flexibility index (Phi) is 7.19. The Morgan fingerprint density at radius 3 is 2.62 bits per heavy atom. The van der Waals surface area contributed by atoms with Gasteiger partial charge in [-0.3, -0.25) is 9.36 Å². The van der Waals surface area contributed by atoms with E-state index in [0.717, 1.165) is 10.0 Å². The molecule has 0 aliphatic carbocycles. The molecule has 0 amide bonds. The molecule has 0 unspecified atom stereocenters. The molecule has 4 rings (SSSR count). The Balaban J connectivity index is 2.00. The van der Waals surface area contributed by atoms with Gasteiger partial charge in [0, 0.05) is 10.0 Å². The first-order chi connectivity index (χ1) is 16.3. The summed E-state index contributed by atoms with van der Waals surface area (Å²) in [6, 6.07) is 14.5. The van der Waals surface area contributed by atoms with Crippen molar-refractivity contribution >= 4 is 39.3 Å². The maximum absolute atomic E-state index is 13.7. The molecule has 3 aromatic rings. The first-order valence-electron chi connectivity index (χ1n) is 11.0. The number of aromatic nitrogens is 1. The van der Waals surface area contributed by atoms with Crippen LogP contribution in [0.4, 0.5) is 0 Å². The topological polar surface area (TPSA) is 69.9 Å². The van der Waals surface area contributed by atoms with E-state index in [1.54, 1.807) is 18.4 Å². The summed E-state index contributed by atoms with van der Waals surface area (Å²) in [7, 11) is 0. The molecule has 176 valence electrons. The van der Waals surface area contributed by atoms with Crippen molar-refractivity contribution in [2.45, 2.75) is 39.8 Å². The van der Waals surface area contributed by atoms with E-state index in [9.17, 15) is 9.59 Å². The van der Waals surface area contributed by atoms with Gasteiger partial charge in [0.2, 0.25) is 0 Å². The summed E-state index contributed by atoms with van der Waals surface area (Å²) in [5.41, 5.74) is 2.23. The number of carbonyl (C=O) groups excluding carboxylic acids is 1. The Morgan fingerprint density at radius 2 is 1.91 bits per heavy atom. The van der Waals surface area contributed by atoms with Crippen LogP contribution < -0.4 is 19.6 Å². The number of allylic oxidation sites excluding steroid dienone is 1. The van der Waals surface area contributed by atoms with Crippen LogP contribution in [0, 0.1) is 0 Å². The van der Waals surface area contributed by atoms with Gasteiger partial charge in [-0.2, -0.15) is 0 Å². The number of fused-ring (bicyclic) bond motifs is 1. The zero-order valence-electron chi connectivity index (χ0n) is 19.4. The molecule has 1 aliphatic rings. The third kappa shape index (κ3) is 4.65.